The van der Waals surface area contributed by atoms with Crippen molar-refractivity contribution in [2.24, 2.45) is 14.1 Å². The van der Waals surface area contributed by atoms with Crippen LogP contribution in [0.4, 0.5) is 5.69 Å². The average molecular weight is 551 g/mol. The standard InChI is InChI=1S/C33H34N4O4/c1-4-5-25(23-8-13-28(38)14-9-23)21-31(39)34-27-11-6-22(7-12-27)24-16-18-37(19-17-24)32(40)26-10-15-29-30(20-26)36(3)33(41)35(29)2/h6-15,20,24-25,38H,16-19,21H2,1-3H3,(H,34,39). The number of nitrogens with zero attached hydrogens (tertiary/aromatic N) is 3. The van der Waals surface area contributed by atoms with Gasteiger partial charge < -0.3 is 15.3 Å². The Morgan fingerprint density at radius 1 is 0.951 bits per heavy atom. The molecule has 1 atom stereocenters. The van der Waals surface area contributed by atoms with Crippen LogP contribution in [0.5, 0.6) is 5.75 Å². The maximum atomic E-state index is 13.2. The zero-order valence-electron chi connectivity index (χ0n) is 23.6. The van der Waals surface area contributed by atoms with Crippen LogP contribution in [-0.4, -0.2) is 44.0 Å². The molecule has 4 aromatic rings. The molecule has 0 aliphatic carbocycles. The van der Waals surface area contributed by atoms with Crippen molar-refractivity contribution < 1.29 is 14.7 Å². The predicted octanol–water partition coefficient (Wildman–Crippen LogP) is 4.74. The van der Waals surface area contributed by atoms with Crippen LogP contribution in [0.1, 0.15) is 59.5 Å². The van der Waals surface area contributed by atoms with Crippen molar-refractivity contribution in [3.8, 4) is 17.6 Å². The van der Waals surface area contributed by atoms with Crippen molar-refractivity contribution in [3.63, 3.8) is 0 Å². The number of hydrogen-bond acceptors (Lipinski definition) is 4. The van der Waals surface area contributed by atoms with Gasteiger partial charge in [-0.15, -0.1) is 5.92 Å². The average Bonchev–Trinajstić information content (AvgIpc) is 3.20. The van der Waals surface area contributed by atoms with Gasteiger partial charge in [0.25, 0.3) is 5.91 Å². The Kier molecular flexibility index (Phi) is 7.97. The minimum absolute atomic E-state index is 0.0157. The molecule has 8 heteroatoms. The highest BCUT2D eigenvalue weighted by molar-refractivity contribution is 5.97. The molecule has 1 fully saturated rings. The number of aromatic nitrogens is 2. The number of benzene rings is 3. The Morgan fingerprint density at radius 2 is 1.61 bits per heavy atom. The Labute approximate surface area is 239 Å². The van der Waals surface area contributed by atoms with E-state index in [1.54, 1.807) is 66.6 Å². The topological polar surface area (TPSA) is 96.6 Å². The number of likely N-dealkylation sites (tertiary alicyclic amines) is 1. The summed E-state index contributed by atoms with van der Waals surface area (Å²) in [6.07, 6.45) is 1.92. The van der Waals surface area contributed by atoms with E-state index in [1.165, 1.54) is 5.56 Å². The van der Waals surface area contributed by atoms with Crippen molar-refractivity contribution in [3.05, 3.63) is 93.9 Å². The molecule has 2 N–H and O–H groups in total. The second-order valence-electron chi connectivity index (χ2n) is 10.6. The van der Waals surface area contributed by atoms with E-state index in [4.69, 9.17) is 0 Å². The lowest BCUT2D eigenvalue weighted by atomic mass is 9.89. The van der Waals surface area contributed by atoms with E-state index in [-0.39, 0.29) is 35.6 Å². The largest absolute Gasteiger partial charge is 0.508 e. The van der Waals surface area contributed by atoms with Gasteiger partial charge in [-0.25, -0.2) is 4.79 Å². The van der Waals surface area contributed by atoms with Crippen LogP contribution in [0.2, 0.25) is 0 Å². The third-order valence-corrected chi connectivity index (χ3v) is 7.97. The summed E-state index contributed by atoms with van der Waals surface area (Å²) in [5, 5.41) is 12.5. The number of amides is 2. The highest BCUT2D eigenvalue weighted by Crippen LogP contribution is 2.30. The molecule has 0 saturated carbocycles. The summed E-state index contributed by atoms with van der Waals surface area (Å²) >= 11 is 0. The predicted molar refractivity (Wildman–Crippen MR) is 160 cm³/mol. The fraction of sp³-hybridized carbons (Fsp3) is 0.303. The molecule has 0 radical (unpaired) electrons. The zero-order valence-corrected chi connectivity index (χ0v) is 23.6. The first-order valence-corrected chi connectivity index (χ1v) is 13.8. The molecule has 1 aliphatic heterocycles. The van der Waals surface area contributed by atoms with Gasteiger partial charge in [-0.3, -0.25) is 18.7 Å². The van der Waals surface area contributed by atoms with Crippen molar-refractivity contribution in [1.82, 2.24) is 14.0 Å². The number of phenolic OH excluding ortho intramolecular Hbond substituents is 1. The van der Waals surface area contributed by atoms with E-state index >= 15 is 0 Å². The fourth-order valence-electron chi connectivity index (χ4n) is 5.61. The molecule has 1 unspecified atom stereocenters. The first kappa shape index (κ1) is 27.8. The maximum absolute atomic E-state index is 13.2. The molecule has 1 aromatic heterocycles. The lowest BCUT2D eigenvalue weighted by Crippen LogP contribution is -2.37. The number of fused-ring (bicyclic) bond motifs is 1. The summed E-state index contributed by atoms with van der Waals surface area (Å²) in [6.45, 7) is 3.06. The number of hydrogen-bond donors (Lipinski definition) is 2. The highest BCUT2D eigenvalue weighted by Gasteiger charge is 2.25. The van der Waals surface area contributed by atoms with Crippen LogP contribution < -0.4 is 11.0 Å². The lowest BCUT2D eigenvalue weighted by molar-refractivity contribution is -0.116. The van der Waals surface area contributed by atoms with Gasteiger partial charge in [-0.1, -0.05) is 30.2 Å². The fourth-order valence-corrected chi connectivity index (χ4v) is 5.61. The molecule has 0 bridgehead atoms. The van der Waals surface area contributed by atoms with Gasteiger partial charge in [0.2, 0.25) is 5.91 Å². The quantitative estimate of drug-likeness (QED) is 0.339. The zero-order chi connectivity index (χ0) is 29.1. The number of carbonyl (C=O) groups is 2. The molecule has 1 aliphatic rings. The van der Waals surface area contributed by atoms with Gasteiger partial charge in [0.15, 0.2) is 0 Å². The number of rotatable bonds is 6. The van der Waals surface area contributed by atoms with Crippen LogP contribution in [0.25, 0.3) is 11.0 Å². The molecular weight excluding hydrogens is 516 g/mol. The van der Waals surface area contributed by atoms with Crippen molar-refractivity contribution in [2.75, 3.05) is 18.4 Å². The summed E-state index contributed by atoms with van der Waals surface area (Å²) in [4.78, 5) is 40.1. The summed E-state index contributed by atoms with van der Waals surface area (Å²) in [6, 6.07) is 20.2. The number of anilines is 1. The van der Waals surface area contributed by atoms with Gasteiger partial charge in [-0.2, -0.15) is 0 Å². The lowest BCUT2D eigenvalue weighted by Gasteiger charge is -2.32. The number of imidazole rings is 1. The van der Waals surface area contributed by atoms with Crippen LogP contribution >= 0.6 is 0 Å². The first-order valence-electron chi connectivity index (χ1n) is 13.8. The minimum Gasteiger partial charge on any atom is -0.508 e. The van der Waals surface area contributed by atoms with E-state index in [0.717, 1.165) is 35.1 Å². The van der Waals surface area contributed by atoms with Gasteiger partial charge in [0.05, 0.1) is 17.0 Å². The number of nitrogens with one attached hydrogen (secondary N) is 1. The van der Waals surface area contributed by atoms with Crippen molar-refractivity contribution >= 4 is 28.5 Å². The van der Waals surface area contributed by atoms with Gasteiger partial charge >= 0.3 is 5.69 Å². The van der Waals surface area contributed by atoms with E-state index < -0.39 is 0 Å². The summed E-state index contributed by atoms with van der Waals surface area (Å²) in [5.74, 6) is 6.10. The summed E-state index contributed by atoms with van der Waals surface area (Å²) in [7, 11) is 3.45. The number of phenols is 1. The Hall–Kier alpha value is -4.77. The number of aromatic hydroxyl groups is 1. The molecule has 5 rings (SSSR count). The molecule has 3 aromatic carbocycles. The van der Waals surface area contributed by atoms with E-state index in [2.05, 4.69) is 17.2 Å². The third kappa shape index (κ3) is 5.90. The molecule has 0 spiro atoms. The Bertz CT molecular complexity index is 1700. The van der Waals surface area contributed by atoms with Crippen molar-refractivity contribution in [1.29, 1.82) is 0 Å². The van der Waals surface area contributed by atoms with E-state index in [1.807, 2.05) is 35.2 Å². The Balaban J connectivity index is 1.17. The van der Waals surface area contributed by atoms with Gasteiger partial charge in [-0.05, 0) is 79.3 Å². The molecular formula is C33H34N4O4. The normalized spacial score (nSPS) is 14.4. The molecule has 2 heterocycles. The maximum Gasteiger partial charge on any atom is 0.328 e. The second kappa shape index (κ2) is 11.8. The van der Waals surface area contributed by atoms with E-state index in [9.17, 15) is 19.5 Å². The Morgan fingerprint density at radius 3 is 2.27 bits per heavy atom. The third-order valence-electron chi connectivity index (χ3n) is 7.97. The van der Waals surface area contributed by atoms with Gasteiger partial charge in [0.1, 0.15) is 5.75 Å². The number of aryl methyl sites for hydroxylation is 2. The smallest absolute Gasteiger partial charge is 0.328 e. The SMILES string of the molecule is CC#CC(CC(=O)Nc1ccc(C2CCN(C(=O)c3ccc4c(c3)n(C)c(=O)n4C)CC2)cc1)c1ccc(O)cc1. The van der Waals surface area contributed by atoms with Crippen LogP contribution in [0, 0.1) is 11.8 Å². The summed E-state index contributed by atoms with van der Waals surface area (Å²) in [5.41, 5.74) is 4.84. The highest BCUT2D eigenvalue weighted by atomic mass is 16.3. The van der Waals surface area contributed by atoms with Crippen LogP contribution in [-0.2, 0) is 18.9 Å². The molecule has 41 heavy (non-hydrogen) atoms. The first-order chi connectivity index (χ1) is 19.7. The number of piperidine rings is 1. The molecule has 210 valence electrons. The molecule has 8 nitrogen and oxygen atoms in total. The molecule has 2 amide bonds. The second-order valence-corrected chi connectivity index (χ2v) is 10.6. The van der Waals surface area contributed by atoms with Crippen LogP contribution in [0.3, 0.4) is 0 Å². The van der Waals surface area contributed by atoms with Gasteiger partial charge in [0, 0.05) is 44.9 Å². The number of carbonyl (C=O) groups excluding carboxylic acids is 2. The van der Waals surface area contributed by atoms with E-state index in [0.29, 0.717) is 24.6 Å². The monoisotopic (exact) mass is 550 g/mol. The van der Waals surface area contributed by atoms with Crippen molar-refractivity contribution in [2.45, 2.75) is 38.0 Å². The minimum atomic E-state index is -0.255. The van der Waals surface area contributed by atoms with Crippen LogP contribution in [0.15, 0.2) is 71.5 Å². The molecule has 1 saturated heterocycles. The summed E-state index contributed by atoms with van der Waals surface area (Å²) < 4.78 is 3.15.